The number of carbonyl (C=O) groups is 1. The Hall–Kier alpha value is -3.47. The molecule has 2 aromatic rings. The number of nitriles is 1. The molecule has 0 aliphatic heterocycles. The maximum absolute atomic E-state index is 13.1. The number of nitrogens with zero attached hydrogens (tertiary/aromatic N) is 1. The third-order valence-electron chi connectivity index (χ3n) is 4.30. The molecule has 0 radical (unpaired) electrons. The molecular formula is C23H23F3N2O3. The number of methoxy groups -OCH3 is 1. The third kappa shape index (κ3) is 6.78. The summed E-state index contributed by atoms with van der Waals surface area (Å²) in [5.74, 6) is 0.461. The molecule has 0 bridgehead atoms. The summed E-state index contributed by atoms with van der Waals surface area (Å²) < 4.78 is 50.4. The minimum atomic E-state index is -4.64. The van der Waals surface area contributed by atoms with Gasteiger partial charge in [-0.15, -0.1) is 0 Å². The average molecular weight is 432 g/mol. The molecule has 1 amide bonds. The van der Waals surface area contributed by atoms with Gasteiger partial charge in [-0.3, -0.25) is 4.79 Å². The lowest BCUT2D eigenvalue weighted by Crippen LogP contribution is -2.17. The summed E-state index contributed by atoms with van der Waals surface area (Å²) in [5.41, 5.74) is -1.31. The number of anilines is 1. The number of halogens is 3. The highest BCUT2D eigenvalue weighted by Crippen LogP contribution is 2.35. The second-order valence-corrected chi connectivity index (χ2v) is 7.11. The molecule has 0 aliphatic rings. The third-order valence-corrected chi connectivity index (χ3v) is 4.30. The summed E-state index contributed by atoms with van der Waals surface area (Å²) in [4.78, 5) is 12.4. The van der Waals surface area contributed by atoms with Gasteiger partial charge in [-0.1, -0.05) is 32.0 Å². The normalized spacial score (nSPS) is 11.7. The maximum atomic E-state index is 13.1. The monoisotopic (exact) mass is 432 g/mol. The van der Waals surface area contributed by atoms with Gasteiger partial charge in [0.05, 0.1) is 25.0 Å². The Kier molecular flexibility index (Phi) is 8.08. The van der Waals surface area contributed by atoms with Crippen LogP contribution < -0.4 is 14.8 Å². The van der Waals surface area contributed by atoms with Gasteiger partial charge < -0.3 is 14.8 Å². The number of rotatable bonds is 8. The molecule has 164 valence electrons. The van der Waals surface area contributed by atoms with Crippen molar-refractivity contribution in [3.05, 3.63) is 59.2 Å². The Bertz CT molecular complexity index is 992. The number of alkyl halides is 3. The summed E-state index contributed by atoms with van der Waals surface area (Å²) in [5, 5.41) is 11.5. The molecule has 0 fully saturated rings. The van der Waals surface area contributed by atoms with Crippen LogP contribution in [-0.4, -0.2) is 19.6 Å². The van der Waals surface area contributed by atoms with Gasteiger partial charge in [0.25, 0.3) is 5.91 Å². The van der Waals surface area contributed by atoms with Crippen molar-refractivity contribution in [1.82, 2.24) is 0 Å². The highest BCUT2D eigenvalue weighted by molar-refractivity contribution is 6.10. The Morgan fingerprint density at radius 1 is 1.19 bits per heavy atom. The van der Waals surface area contributed by atoms with E-state index in [1.807, 2.05) is 0 Å². The number of hydrogen-bond donors (Lipinski definition) is 1. The van der Waals surface area contributed by atoms with Gasteiger partial charge in [0.2, 0.25) is 0 Å². The molecule has 0 heterocycles. The summed E-state index contributed by atoms with van der Waals surface area (Å²) in [7, 11) is 1.46. The van der Waals surface area contributed by atoms with Gasteiger partial charge >= 0.3 is 6.18 Å². The molecule has 5 nitrogen and oxygen atoms in total. The minimum absolute atomic E-state index is 0.354. The lowest BCUT2D eigenvalue weighted by atomic mass is 10.1. The highest BCUT2D eigenvalue weighted by atomic mass is 19.4. The topological polar surface area (TPSA) is 71.3 Å². The summed E-state index contributed by atoms with van der Waals surface area (Å²) in [6, 6.07) is 11.1. The van der Waals surface area contributed by atoms with Crippen LogP contribution in [0.15, 0.2) is 48.0 Å². The second kappa shape index (κ2) is 10.5. The van der Waals surface area contributed by atoms with Crippen molar-refractivity contribution in [3.8, 4) is 17.6 Å². The standard InChI is InChI=1S/C23H23F3N2O3/c1-15(2)10-11-31-20-9-8-16(13-21(20)30-3)12-17(14-27)22(29)28-19-7-5-4-6-18(19)23(24,25)26/h4-9,12-13,15H,10-11H2,1-3H3,(H,28,29)/b17-12+. The van der Waals surface area contributed by atoms with Gasteiger partial charge in [-0.25, -0.2) is 0 Å². The number of amides is 1. The van der Waals surface area contributed by atoms with E-state index >= 15 is 0 Å². The molecule has 0 saturated heterocycles. The molecule has 0 aromatic heterocycles. The molecule has 0 unspecified atom stereocenters. The van der Waals surface area contributed by atoms with E-state index in [2.05, 4.69) is 19.2 Å². The average Bonchev–Trinajstić information content (AvgIpc) is 2.71. The van der Waals surface area contributed by atoms with Crippen LogP contribution >= 0.6 is 0 Å². The molecule has 2 rings (SSSR count). The first-order valence-corrected chi connectivity index (χ1v) is 9.56. The minimum Gasteiger partial charge on any atom is -0.493 e. The van der Waals surface area contributed by atoms with Gasteiger partial charge in [-0.2, -0.15) is 18.4 Å². The van der Waals surface area contributed by atoms with Crippen molar-refractivity contribution in [2.75, 3.05) is 19.0 Å². The first-order valence-electron chi connectivity index (χ1n) is 9.56. The Balaban J connectivity index is 2.24. The van der Waals surface area contributed by atoms with E-state index in [1.165, 1.54) is 25.3 Å². The van der Waals surface area contributed by atoms with Crippen LogP contribution in [0.25, 0.3) is 6.08 Å². The van der Waals surface area contributed by atoms with Crippen LogP contribution in [0.4, 0.5) is 18.9 Å². The van der Waals surface area contributed by atoms with Crippen molar-refractivity contribution in [2.45, 2.75) is 26.4 Å². The van der Waals surface area contributed by atoms with Crippen molar-refractivity contribution in [2.24, 2.45) is 5.92 Å². The fourth-order valence-corrected chi connectivity index (χ4v) is 2.64. The van der Waals surface area contributed by atoms with Crippen molar-refractivity contribution in [3.63, 3.8) is 0 Å². The number of nitrogens with one attached hydrogen (secondary N) is 1. The number of para-hydroxylation sites is 1. The molecule has 2 aromatic carbocycles. The zero-order valence-corrected chi connectivity index (χ0v) is 17.4. The van der Waals surface area contributed by atoms with Crippen molar-refractivity contribution in [1.29, 1.82) is 5.26 Å². The lowest BCUT2D eigenvalue weighted by Gasteiger charge is -2.13. The fourth-order valence-electron chi connectivity index (χ4n) is 2.64. The molecule has 1 N–H and O–H groups in total. The Labute approximate surface area is 179 Å². The first kappa shape index (κ1) is 23.8. The molecule has 0 atom stereocenters. The number of hydrogen-bond acceptors (Lipinski definition) is 4. The fraction of sp³-hybridized carbons (Fsp3) is 0.304. The Morgan fingerprint density at radius 3 is 2.52 bits per heavy atom. The van der Waals surface area contributed by atoms with E-state index in [4.69, 9.17) is 9.47 Å². The Morgan fingerprint density at radius 2 is 1.90 bits per heavy atom. The zero-order chi connectivity index (χ0) is 23.0. The summed E-state index contributed by atoms with van der Waals surface area (Å²) in [6.07, 6.45) is -2.51. The lowest BCUT2D eigenvalue weighted by molar-refractivity contribution is -0.137. The van der Waals surface area contributed by atoms with Gasteiger partial charge in [0.1, 0.15) is 11.6 Å². The highest BCUT2D eigenvalue weighted by Gasteiger charge is 2.33. The van der Waals surface area contributed by atoms with E-state index < -0.39 is 23.3 Å². The van der Waals surface area contributed by atoms with Gasteiger partial charge in [0, 0.05) is 0 Å². The smallest absolute Gasteiger partial charge is 0.418 e. The van der Waals surface area contributed by atoms with Crippen molar-refractivity contribution < 1.29 is 27.4 Å². The second-order valence-electron chi connectivity index (χ2n) is 7.11. The predicted molar refractivity (Wildman–Crippen MR) is 112 cm³/mol. The van der Waals surface area contributed by atoms with Crippen molar-refractivity contribution >= 4 is 17.7 Å². The number of ether oxygens (including phenoxy) is 2. The van der Waals surface area contributed by atoms with E-state index in [0.717, 1.165) is 18.6 Å². The number of carbonyl (C=O) groups excluding carboxylic acids is 1. The molecule has 0 spiro atoms. The molecular weight excluding hydrogens is 409 g/mol. The predicted octanol–water partition coefficient (Wildman–Crippen LogP) is 5.68. The van der Waals surface area contributed by atoms with E-state index in [9.17, 15) is 23.2 Å². The first-order chi connectivity index (χ1) is 14.7. The van der Waals surface area contributed by atoms with Gasteiger partial charge in [0.15, 0.2) is 11.5 Å². The molecule has 0 aliphatic carbocycles. The quantitative estimate of drug-likeness (QED) is 0.430. The number of benzene rings is 2. The molecule has 31 heavy (non-hydrogen) atoms. The van der Waals surface area contributed by atoms with E-state index in [-0.39, 0.29) is 5.57 Å². The van der Waals surface area contributed by atoms with Crippen LogP contribution in [0.5, 0.6) is 11.5 Å². The van der Waals surface area contributed by atoms with Gasteiger partial charge in [-0.05, 0) is 48.2 Å². The van der Waals surface area contributed by atoms with Crippen LogP contribution in [0, 0.1) is 17.2 Å². The molecule has 8 heteroatoms. The summed E-state index contributed by atoms with van der Waals surface area (Å²) in [6.45, 7) is 4.67. The van der Waals surface area contributed by atoms with Crippen LogP contribution in [-0.2, 0) is 11.0 Å². The van der Waals surface area contributed by atoms with E-state index in [0.29, 0.717) is 29.6 Å². The maximum Gasteiger partial charge on any atom is 0.418 e. The zero-order valence-electron chi connectivity index (χ0n) is 17.4. The van der Waals surface area contributed by atoms with Crippen LogP contribution in [0.1, 0.15) is 31.4 Å². The van der Waals surface area contributed by atoms with Crippen LogP contribution in [0.3, 0.4) is 0 Å². The largest absolute Gasteiger partial charge is 0.493 e. The molecule has 0 saturated carbocycles. The van der Waals surface area contributed by atoms with E-state index in [1.54, 1.807) is 24.3 Å². The van der Waals surface area contributed by atoms with Crippen LogP contribution in [0.2, 0.25) is 0 Å². The SMILES string of the molecule is COc1cc(/C=C(\C#N)C(=O)Nc2ccccc2C(F)(F)F)ccc1OCCC(C)C. The summed E-state index contributed by atoms with van der Waals surface area (Å²) >= 11 is 0.